The van der Waals surface area contributed by atoms with Gasteiger partial charge < -0.3 is 10.3 Å². The molecule has 1 aliphatic carbocycles. The van der Waals surface area contributed by atoms with Gasteiger partial charge in [-0.2, -0.15) is 10.1 Å². The Hall–Kier alpha value is -2.21. The standard InChI is InChI=1S/C13H13N5O/c14-8-4-7(5-8)12-16-13(19-18-12)9-2-1-3-11-10(9)6-15-17-11/h1-3,6-8H,4-5,14H2,(H,15,17). The van der Waals surface area contributed by atoms with E-state index in [1.165, 1.54) is 0 Å². The summed E-state index contributed by atoms with van der Waals surface area (Å²) in [5.74, 6) is 1.65. The monoisotopic (exact) mass is 255 g/mol. The zero-order chi connectivity index (χ0) is 12.8. The number of aromatic amines is 1. The molecule has 1 saturated carbocycles. The molecule has 1 aromatic carbocycles. The van der Waals surface area contributed by atoms with Gasteiger partial charge >= 0.3 is 0 Å². The first kappa shape index (κ1) is 10.7. The van der Waals surface area contributed by atoms with Crippen LogP contribution >= 0.6 is 0 Å². The number of nitrogens with zero attached hydrogens (tertiary/aromatic N) is 3. The van der Waals surface area contributed by atoms with Gasteiger partial charge in [0.15, 0.2) is 5.82 Å². The molecule has 3 N–H and O–H groups in total. The normalized spacial score (nSPS) is 22.6. The maximum Gasteiger partial charge on any atom is 0.258 e. The van der Waals surface area contributed by atoms with E-state index in [2.05, 4.69) is 20.3 Å². The molecule has 1 aliphatic rings. The number of nitrogens with two attached hydrogens (primary N) is 1. The van der Waals surface area contributed by atoms with Crippen LogP contribution in [0.5, 0.6) is 0 Å². The van der Waals surface area contributed by atoms with Gasteiger partial charge in [0, 0.05) is 17.3 Å². The lowest BCUT2D eigenvalue weighted by atomic mass is 9.80. The number of benzene rings is 1. The molecule has 0 saturated heterocycles. The molecule has 0 bridgehead atoms. The highest BCUT2D eigenvalue weighted by atomic mass is 16.5. The second kappa shape index (κ2) is 3.89. The lowest BCUT2D eigenvalue weighted by Gasteiger charge is -2.29. The van der Waals surface area contributed by atoms with Crippen molar-refractivity contribution in [3.63, 3.8) is 0 Å². The minimum Gasteiger partial charge on any atom is -0.334 e. The number of fused-ring (bicyclic) bond motifs is 1. The van der Waals surface area contributed by atoms with Crippen LogP contribution in [0.4, 0.5) is 0 Å². The van der Waals surface area contributed by atoms with Gasteiger partial charge in [-0.15, -0.1) is 0 Å². The van der Waals surface area contributed by atoms with Gasteiger partial charge in [-0.05, 0) is 25.0 Å². The van der Waals surface area contributed by atoms with Crippen LogP contribution in [0.25, 0.3) is 22.4 Å². The van der Waals surface area contributed by atoms with E-state index >= 15 is 0 Å². The van der Waals surface area contributed by atoms with Gasteiger partial charge in [0.05, 0.1) is 17.3 Å². The highest BCUT2D eigenvalue weighted by Crippen LogP contribution is 2.35. The Morgan fingerprint density at radius 3 is 3.05 bits per heavy atom. The Labute approximate surface area is 109 Å². The van der Waals surface area contributed by atoms with E-state index in [9.17, 15) is 0 Å². The number of rotatable bonds is 2. The molecule has 4 rings (SSSR count). The largest absolute Gasteiger partial charge is 0.334 e. The van der Waals surface area contributed by atoms with Crippen molar-refractivity contribution < 1.29 is 4.52 Å². The topological polar surface area (TPSA) is 93.6 Å². The smallest absolute Gasteiger partial charge is 0.258 e. The molecule has 3 aromatic rings. The number of nitrogens with one attached hydrogen (secondary N) is 1. The molecule has 96 valence electrons. The molecule has 0 unspecified atom stereocenters. The fourth-order valence-electron chi connectivity index (χ4n) is 2.54. The summed E-state index contributed by atoms with van der Waals surface area (Å²) in [6.07, 6.45) is 3.65. The van der Waals surface area contributed by atoms with Crippen LogP contribution in [0.1, 0.15) is 24.6 Å². The summed E-state index contributed by atoms with van der Waals surface area (Å²) in [4.78, 5) is 4.49. The van der Waals surface area contributed by atoms with E-state index < -0.39 is 0 Å². The van der Waals surface area contributed by atoms with Crippen LogP contribution in [0, 0.1) is 0 Å². The van der Waals surface area contributed by atoms with Crippen LogP contribution in [0.3, 0.4) is 0 Å². The van der Waals surface area contributed by atoms with Crippen molar-refractivity contribution in [1.82, 2.24) is 20.3 Å². The minimum atomic E-state index is 0.282. The van der Waals surface area contributed by atoms with E-state index in [-0.39, 0.29) is 6.04 Å². The highest BCUT2D eigenvalue weighted by Gasteiger charge is 2.31. The fourth-order valence-corrected chi connectivity index (χ4v) is 2.54. The molecular formula is C13H13N5O. The molecular weight excluding hydrogens is 242 g/mol. The van der Waals surface area contributed by atoms with Crippen LogP contribution < -0.4 is 5.73 Å². The van der Waals surface area contributed by atoms with Crippen molar-refractivity contribution in [1.29, 1.82) is 0 Å². The van der Waals surface area contributed by atoms with Gasteiger partial charge in [0.25, 0.3) is 5.89 Å². The highest BCUT2D eigenvalue weighted by molar-refractivity contribution is 5.91. The average Bonchev–Trinajstić information content (AvgIpc) is 3.03. The lowest BCUT2D eigenvalue weighted by molar-refractivity contribution is 0.323. The van der Waals surface area contributed by atoms with Crippen molar-refractivity contribution in [2.45, 2.75) is 24.8 Å². The van der Waals surface area contributed by atoms with Crippen molar-refractivity contribution in [2.75, 3.05) is 0 Å². The third-order valence-electron chi connectivity index (χ3n) is 3.70. The van der Waals surface area contributed by atoms with Crippen LogP contribution in [-0.4, -0.2) is 26.4 Å². The lowest BCUT2D eigenvalue weighted by Crippen LogP contribution is -2.35. The third-order valence-corrected chi connectivity index (χ3v) is 3.70. The summed E-state index contributed by atoms with van der Waals surface area (Å²) in [7, 11) is 0. The molecule has 2 heterocycles. The average molecular weight is 255 g/mol. The van der Waals surface area contributed by atoms with Gasteiger partial charge in [-0.3, -0.25) is 5.10 Å². The quantitative estimate of drug-likeness (QED) is 0.728. The summed E-state index contributed by atoms with van der Waals surface area (Å²) < 4.78 is 5.38. The summed E-state index contributed by atoms with van der Waals surface area (Å²) >= 11 is 0. The van der Waals surface area contributed by atoms with E-state index in [1.54, 1.807) is 6.20 Å². The first-order valence-corrected chi connectivity index (χ1v) is 6.33. The first-order chi connectivity index (χ1) is 9.31. The Morgan fingerprint density at radius 1 is 1.32 bits per heavy atom. The van der Waals surface area contributed by atoms with E-state index in [0.717, 1.165) is 35.1 Å². The molecule has 0 aliphatic heterocycles. The SMILES string of the molecule is NC1CC(c2noc(-c3cccc4[nH]ncc34)n2)C1. The summed E-state index contributed by atoms with van der Waals surface area (Å²) in [6, 6.07) is 6.15. The Balaban J connectivity index is 1.74. The second-order valence-electron chi connectivity index (χ2n) is 5.02. The Bertz CT molecular complexity index is 725. The molecule has 0 amide bonds. The van der Waals surface area contributed by atoms with Crippen LogP contribution in [-0.2, 0) is 0 Å². The zero-order valence-corrected chi connectivity index (χ0v) is 10.2. The summed E-state index contributed by atoms with van der Waals surface area (Å²) in [6.45, 7) is 0. The van der Waals surface area contributed by atoms with E-state index in [0.29, 0.717) is 11.8 Å². The fraction of sp³-hybridized carbons (Fsp3) is 0.308. The van der Waals surface area contributed by atoms with Crippen molar-refractivity contribution >= 4 is 10.9 Å². The minimum absolute atomic E-state index is 0.282. The van der Waals surface area contributed by atoms with Crippen LogP contribution in [0.2, 0.25) is 0 Å². The number of hydrogen-bond acceptors (Lipinski definition) is 5. The number of H-pyrrole nitrogens is 1. The Kier molecular flexibility index (Phi) is 2.19. The van der Waals surface area contributed by atoms with E-state index in [4.69, 9.17) is 10.3 Å². The Morgan fingerprint density at radius 2 is 2.21 bits per heavy atom. The van der Waals surface area contributed by atoms with Gasteiger partial charge in [0.1, 0.15) is 0 Å². The molecule has 2 aromatic heterocycles. The first-order valence-electron chi connectivity index (χ1n) is 6.33. The number of aromatic nitrogens is 4. The summed E-state index contributed by atoms with van der Waals surface area (Å²) in [5.41, 5.74) is 7.66. The third kappa shape index (κ3) is 1.64. The van der Waals surface area contributed by atoms with Crippen molar-refractivity contribution in [2.24, 2.45) is 5.73 Å². The molecule has 6 nitrogen and oxygen atoms in total. The van der Waals surface area contributed by atoms with Crippen molar-refractivity contribution in [3.8, 4) is 11.5 Å². The predicted molar refractivity (Wildman–Crippen MR) is 69.3 cm³/mol. The molecule has 1 fully saturated rings. The summed E-state index contributed by atoms with van der Waals surface area (Å²) in [5, 5.41) is 12.0. The van der Waals surface area contributed by atoms with Crippen LogP contribution in [0.15, 0.2) is 28.9 Å². The maximum absolute atomic E-state index is 5.79. The van der Waals surface area contributed by atoms with E-state index in [1.807, 2.05) is 18.2 Å². The molecule has 0 radical (unpaired) electrons. The van der Waals surface area contributed by atoms with Crippen molar-refractivity contribution in [3.05, 3.63) is 30.2 Å². The van der Waals surface area contributed by atoms with Gasteiger partial charge in [0.2, 0.25) is 0 Å². The second-order valence-corrected chi connectivity index (χ2v) is 5.02. The molecule has 6 heteroatoms. The predicted octanol–water partition coefficient (Wildman–Crippen LogP) is 1.82. The van der Waals surface area contributed by atoms with Gasteiger partial charge in [-0.25, -0.2) is 0 Å². The molecule has 19 heavy (non-hydrogen) atoms. The molecule has 0 spiro atoms. The number of hydrogen-bond donors (Lipinski definition) is 2. The molecule has 0 atom stereocenters. The van der Waals surface area contributed by atoms with Gasteiger partial charge in [-0.1, -0.05) is 11.2 Å². The zero-order valence-electron chi connectivity index (χ0n) is 10.2. The maximum atomic E-state index is 5.79.